The minimum absolute atomic E-state index is 0.0659. The number of rotatable bonds is 1. The summed E-state index contributed by atoms with van der Waals surface area (Å²) >= 11 is 1.50. The molecule has 0 aliphatic carbocycles. The Balaban J connectivity index is 2.32. The minimum Gasteiger partial charge on any atom is -0.267 e. The second kappa shape index (κ2) is 3.86. The number of fused-ring (bicyclic) bond motifs is 1. The molecule has 0 atom stereocenters. The van der Waals surface area contributed by atoms with Crippen molar-refractivity contribution in [2.45, 2.75) is 6.92 Å². The van der Waals surface area contributed by atoms with E-state index in [1.165, 1.54) is 17.1 Å². The van der Waals surface area contributed by atoms with Crippen LogP contribution in [-0.4, -0.2) is 3.96 Å². The second-order valence-corrected chi connectivity index (χ2v) is 5.01. The molecule has 0 bridgehead atoms. The number of hydrogen-bond acceptors (Lipinski definition) is 2. The van der Waals surface area contributed by atoms with Gasteiger partial charge in [-0.3, -0.25) is 4.79 Å². The molecule has 0 N–H and O–H groups in total. The molecule has 0 unspecified atom stereocenters. The fourth-order valence-corrected chi connectivity index (χ4v) is 2.96. The maximum Gasteiger partial charge on any atom is 0.273 e. The fourth-order valence-electron chi connectivity index (χ4n) is 1.86. The van der Waals surface area contributed by atoms with Gasteiger partial charge in [-0.1, -0.05) is 35.8 Å². The Bertz CT molecular complexity index is 725. The second-order valence-electron chi connectivity index (χ2n) is 4.03. The summed E-state index contributed by atoms with van der Waals surface area (Å²) in [6, 6.07) is 15.7. The van der Waals surface area contributed by atoms with Crippen LogP contribution in [0.1, 0.15) is 5.56 Å². The van der Waals surface area contributed by atoms with Crippen LogP contribution in [0.3, 0.4) is 0 Å². The highest BCUT2D eigenvalue weighted by atomic mass is 32.1. The zero-order chi connectivity index (χ0) is 11.8. The highest BCUT2D eigenvalue weighted by molar-refractivity contribution is 7.14. The summed E-state index contributed by atoms with van der Waals surface area (Å²) in [6.07, 6.45) is 0. The highest BCUT2D eigenvalue weighted by Gasteiger charge is 2.08. The van der Waals surface area contributed by atoms with Gasteiger partial charge in [0.2, 0.25) is 0 Å². The van der Waals surface area contributed by atoms with Crippen LogP contribution in [0, 0.1) is 6.92 Å². The Hall–Kier alpha value is -1.87. The van der Waals surface area contributed by atoms with Gasteiger partial charge in [-0.2, -0.15) is 0 Å². The van der Waals surface area contributed by atoms with Gasteiger partial charge in [0, 0.05) is 0 Å². The quantitative estimate of drug-likeness (QED) is 0.640. The van der Waals surface area contributed by atoms with E-state index in [-0.39, 0.29) is 5.56 Å². The van der Waals surface area contributed by atoms with E-state index in [1.54, 1.807) is 3.96 Å². The molecular weight excluding hydrogens is 230 g/mol. The van der Waals surface area contributed by atoms with E-state index in [2.05, 4.69) is 6.07 Å². The molecule has 0 spiro atoms. The molecule has 0 fully saturated rings. The number of nitrogens with zero attached hydrogens (tertiary/aromatic N) is 1. The summed E-state index contributed by atoms with van der Waals surface area (Å²) in [7, 11) is 0. The van der Waals surface area contributed by atoms with Crippen LogP contribution in [0.4, 0.5) is 0 Å². The molecule has 84 valence electrons. The standard InChI is InChI=1S/C14H11NOS/c1-10-7-8-12-13(9-10)17-15(14(12)16)11-5-3-2-4-6-11/h2-9H,1H3. The molecule has 0 saturated carbocycles. The lowest BCUT2D eigenvalue weighted by atomic mass is 10.2. The van der Waals surface area contributed by atoms with Crippen LogP contribution in [0.15, 0.2) is 53.3 Å². The summed E-state index contributed by atoms with van der Waals surface area (Å²) in [4.78, 5) is 12.2. The smallest absolute Gasteiger partial charge is 0.267 e. The molecule has 0 aliphatic rings. The minimum atomic E-state index is 0.0659. The van der Waals surface area contributed by atoms with E-state index in [1.807, 2.05) is 49.4 Å². The van der Waals surface area contributed by atoms with Gasteiger partial charge >= 0.3 is 0 Å². The molecule has 17 heavy (non-hydrogen) atoms. The van der Waals surface area contributed by atoms with Crippen molar-refractivity contribution >= 4 is 21.6 Å². The zero-order valence-corrected chi connectivity index (χ0v) is 10.2. The zero-order valence-electron chi connectivity index (χ0n) is 9.38. The van der Waals surface area contributed by atoms with Crippen molar-refractivity contribution in [3.8, 4) is 5.69 Å². The Morgan fingerprint density at radius 3 is 2.59 bits per heavy atom. The van der Waals surface area contributed by atoms with Crippen LogP contribution in [0.5, 0.6) is 0 Å². The maximum atomic E-state index is 12.2. The summed E-state index contributed by atoms with van der Waals surface area (Å²) in [5, 5.41) is 0.796. The fraction of sp³-hybridized carbons (Fsp3) is 0.0714. The summed E-state index contributed by atoms with van der Waals surface area (Å²) in [6.45, 7) is 2.04. The van der Waals surface area contributed by atoms with E-state index >= 15 is 0 Å². The molecule has 3 heteroatoms. The van der Waals surface area contributed by atoms with Crippen LogP contribution in [0.25, 0.3) is 15.8 Å². The third-order valence-corrected chi connectivity index (χ3v) is 3.83. The monoisotopic (exact) mass is 241 g/mol. The number of aryl methyl sites for hydroxylation is 1. The predicted molar refractivity (Wildman–Crippen MR) is 72.2 cm³/mol. The van der Waals surface area contributed by atoms with Gasteiger partial charge in [0.1, 0.15) is 0 Å². The van der Waals surface area contributed by atoms with Crippen molar-refractivity contribution in [3.05, 3.63) is 64.4 Å². The van der Waals surface area contributed by atoms with E-state index in [4.69, 9.17) is 0 Å². The van der Waals surface area contributed by atoms with Crippen molar-refractivity contribution in [2.75, 3.05) is 0 Å². The average molecular weight is 241 g/mol. The van der Waals surface area contributed by atoms with E-state index in [0.717, 1.165) is 15.8 Å². The van der Waals surface area contributed by atoms with Gasteiger partial charge in [-0.25, -0.2) is 3.96 Å². The van der Waals surface area contributed by atoms with Crippen molar-refractivity contribution in [3.63, 3.8) is 0 Å². The lowest BCUT2D eigenvalue weighted by Gasteiger charge is -1.97. The average Bonchev–Trinajstić information content (AvgIpc) is 2.67. The molecular formula is C14H11NOS. The number of para-hydroxylation sites is 1. The molecule has 0 radical (unpaired) electrons. The predicted octanol–water partition coefficient (Wildman–Crippen LogP) is 3.36. The van der Waals surface area contributed by atoms with E-state index < -0.39 is 0 Å². The molecule has 0 amide bonds. The van der Waals surface area contributed by atoms with E-state index in [9.17, 15) is 4.79 Å². The molecule has 3 rings (SSSR count). The Morgan fingerprint density at radius 1 is 1.06 bits per heavy atom. The van der Waals surface area contributed by atoms with Crippen LogP contribution < -0.4 is 5.56 Å². The SMILES string of the molecule is Cc1ccc2c(=O)n(-c3ccccc3)sc2c1. The molecule has 2 aromatic carbocycles. The van der Waals surface area contributed by atoms with Crippen molar-refractivity contribution < 1.29 is 0 Å². The van der Waals surface area contributed by atoms with Gasteiger partial charge in [-0.05, 0) is 36.8 Å². The first-order valence-corrected chi connectivity index (χ1v) is 6.21. The number of benzene rings is 2. The molecule has 3 aromatic rings. The number of aromatic nitrogens is 1. The molecule has 1 aromatic heterocycles. The van der Waals surface area contributed by atoms with Crippen LogP contribution in [0.2, 0.25) is 0 Å². The van der Waals surface area contributed by atoms with Crippen molar-refractivity contribution in [1.29, 1.82) is 0 Å². The van der Waals surface area contributed by atoms with Gasteiger partial charge in [0.25, 0.3) is 5.56 Å². The molecule has 2 nitrogen and oxygen atoms in total. The maximum absolute atomic E-state index is 12.2. The summed E-state index contributed by atoms with van der Waals surface area (Å²) in [5.74, 6) is 0. The van der Waals surface area contributed by atoms with E-state index in [0.29, 0.717) is 0 Å². The first-order chi connectivity index (χ1) is 8.25. The highest BCUT2D eigenvalue weighted by Crippen LogP contribution is 2.20. The van der Waals surface area contributed by atoms with Crippen LogP contribution in [-0.2, 0) is 0 Å². The van der Waals surface area contributed by atoms with Gasteiger partial charge in [0.05, 0.1) is 15.8 Å². The van der Waals surface area contributed by atoms with Crippen molar-refractivity contribution in [1.82, 2.24) is 3.96 Å². The third-order valence-electron chi connectivity index (χ3n) is 2.73. The third kappa shape index (κ3) is 1.68. The Morgan fingerprint density at radius 2 is 1.82 bits per heavy atom. The first kappa shape index (κ1) is 10.3. The Kier molecular flexibility index (Phi) is 2.34. The van der Waals surface area contributed by atoms with Gasteiger partial charge < -0.3 is 0 Å². The first-order valence-electron chi connectivity index (χ1n) is 5.44. The number of hydrogen-bond donors (Lipinski definition) is 0. The lowest BCUT2D eigenvalue weighted by molar-refractivity contribution is 1.14. The van der Waals surface area contributed by atoms with Crippen LogP contribution >= 0.6 is 11.5 Å². The normalized spacial score (nSPS) is 10.9. The van der Waals surface area contributed by atoms with Gasteiger partial charge in [-0.15, -0.1) is 0 Å². The lowest BCUT2D eigenvalue weighted by Crippen LogP contribution is -2.10. The summed E-state index contributed by atoms with van der Waals surface area (Å²) < 4.78 is 2.78. The van der Waals surface area contributed by atoms with Crippen molar-refractivity contribution in [2.24, 2.45) is 0 Å². The molecule has 0 aliphatic heterocycles. The topological polar surface area (TPSA) is 22.0 Å². The summed E-state index contributed by atoms with van der Waals surface area (Å²) in [5.41, 5.74) is 2.17. The Labute approximate surface area is 103 Å². The molecule has 1 heterocycles. The molecule has 0 saturated heterocycles. The largest absolute Gasteiger partial charge is 0.273 e. The van der Waals surface area contributed by atoms with Gasteiger partial charge in [0.15, 0.2) is 0 Å².